The predicted molar refractivity (Wildman–Crippen MR) is 128 cm³/mol. The van der Waals surface area contributed by atoms with E-state index in [0.29, 0.717) is 39.1 Å². The number of hydrogen-bond donors (Lipinski definition) is 2. The van der Waals surface area contributed by atoms with Crippen LogP contribution in [0.4, 0.5) is 5.13 Å². The number of aromatic nitrogens is 2. The van der Waals surface area contributed by atoms with Crippen molar-refractivity contribution in [3.63, 3.8) is 0 Å². The summed E-state index contributed by atoms with van der Waals surface area (Å²) >= 11 is 10.8. The minimum Gasteiger partial charge on any atom is -0.422 e. The third-order valence-electron chi connectivity index (χ3n) is 4.80. The van der Waals surface area contributed by atoms with Crippen LogP contribution in [0.5, 0.6) is 0 Å². The van der Waals surface area contributed by atoms with E-state index in [9.17, 15) is 9.59 Å². The van der Waals surface area contributed by atoms with Crippen molar-refractivity contribution >= 4 is 65.9 Å². The van der Waals surface area contributed by atoms with Gasteiger partial charge in [-0.15, -0.1) is 11.3 Å². The van der Waals surface area contributed by atoms with Crippen LogP contribution in [0.25, 0.3) is 33.1 Å². The zero-order chi connectivity index (χ0) is 21.5. The molecule has 2 aromatic carbocycles. The van der Waals surface area contributed by atoms with Gasteiger partial charge < -0.3 is 14.7 Å². The highest BCUT2D eigenvalue weighted by Crippen LogP contribution is 2.27. The summed E-state index contributed by atoms with van der Waals surface area (Å²) in [4.78, 5) is 31.8. The predicted octanol–water partition coefficient (Wildman–Crippen LogP) is 5.79. The summed E-state index contributed by atoms with van der Waals surface area (Å²) in [6, 6.07) is 14.2. The van der Waals surface area contributed by atoms with Gasteiger partial charge in [-0.1, -0.05) is 33.6 Å². The number of aromatic amines is 1. The molecule has 0 aliphatic carbocycles. The van der Waals surface area contributed by atoms with Gasteiger partial charge in [0.05, 0.1) is 16.8 Å². The first-order valence-electron chi connectivity index (χ1n) is 9.21. The summed E-state index contributed by atoms with van der Waals surface area (Å²) in [6.45, 7) is 0.397. The van der Waals surface area contributed by atoms with Gasteiger partial charge in [0.1, 0.15) is 5.58 Å². The largest absolute Gasteiger partial charge is 0.422 e. The Morgan fingerprint density at radius 1 is 1.13 bits per heavy atom. The van der Waals surface area contributed by atoms with Crippen LogP contribution in [0, 0.1) is 0 Å². The molecule has 0 bridgehead atoms. The van der Waals surface area contributed by atoms with Crippen molar-refractivity contribution in [3.05, 3.63) is 89.7 Å². The minimum atomic E-state index is -0.441. The summed E-state index contributed by atoms with van der Waals surface area (Å²) < 4.78 is 6.33. The van der Waals surface area contributed by atoms with E-state index in [1.54, 1.807) is 35.7 Å². The number of benzene rings is 2. The highest BCUT2D eigenvalue weighted by Gasteiger charge is 2.12. The molecule has 31 heavy (non-hydrogen) atoms. The molecule has 5 aromatic rings. The molecular formula is C22H13BrClN3O3S. The lowest BCUT2D eigenvalue weighted by Gasteiger charge is -2.07. The van der Waals surface area contributed by atoms with Crippen molar-refractivity contribution in [1.82, 2.24) is 9.97 Å². The summed E-state index contributed by atoms with van der Waals surface area (Å²) in [5.41, 5.74) is 2.30. The zero-order valence-electron chi connectivity index (χ0n) is 15.7. The highest BCUT2D eigenvalue weighted by molar-refractivity contribution is 9.10. The van der Waals surface area contributed by atoms with E-state index in [2.05, 4.69) is 31.2 Å². The molecule has 0 aliphatic heterocycles. The Kier molecular flexibility index (Phi) is 5.13. The van der Waals surface area contributed by atoms with Gasteiger partial charge in [0.2, 0.25) is 5.56 Å². The van der Waals surface area contributed by atoms with Gasteiger partial charge in [-0.25, -0.2) is 9.78 Å². The van der Waals surface area contributed by atoms with Crippen molar-refractivity contribution in [1.29, 1.82) is 0 Å². The lowest BCUT2D eigenvalue weighted by Crippen LogP contribution is -2.09. The van der Waals surface area contributed by atoms with Crippen molar-refractivity contribution in [3.8, 4) is 11.3 Å². The molecule has 0 amide bonds. The molecule has 0 spiro atoms. The first kappa shape index (κ1) is 20.0. The Labute approximate surface area is 192 Å². The van der Waals surface area contributed by atoms with Crippen LogP contribution in [0.15, 0.2) is 72.4 Å². The van der Waals surface area contributed by atoms with E-state index >= 15 is 0 Å². The Morgan fingerprint density at radius 2 is 2.00 bits per heavy atom. The average molecular weight is 515 g/mol. The van der Waals surface area contributed by atoms with E-state index in [4.69, 9.17) is 16.0 Å². The summed E-state index contributed by atoms with van der Waals surface area (Å²) in [7, 11) is 0. The van der Waals surface area contributed by atoms with Crippen LogP contribution in [0.1, 0.15) is 5.56 Å². The molecule has 3 aromatic heterocycles. The Balaban J connectivity index is 1.44. The van der Waals surface area contributed by atoms with Crippen LogP contribution in [0.2, 0.25) is 5.02 Å². The maximum absolute atomic E-state index is 12.4. The fourth-order valence-electron chi connectivity index (χ4n) is 3.37. The number of pyridine rings is 1. The number of H-pyrrole nitrogens is 1. The average Bonchev–Trinajstić information content (AvgIpc) is 3.20. The molecule has 2 N–H and O–H groups in total. The van der Waals surface area contributed by atoms with Gasteiger partial charge in [0.15, 0.2) is 5.13 Å². The zero-order valence-corrected chi connectivity index (χ0v) is 18.9. The number of hydrogen-bond acceptors (Lipinski definition) is 6. The van der Waals surface area contributed by atoms with Crippen LogP contribution >= 0.6 is 38.9 Å². The topological polar surface area (TPSA) is 88.0 Å². The van der Waals surface area contributed by atoms with Crippen molar-refractivity contribution in [2.75, 3.05) is 5.32 Å². The van der Waals surface area contributed by atoms with Crippen LogP contribution in [-0.2, 0) is 6.54 Å². The van der Waals surface area contributed by atoms with E-state index < -0.39 is 5.63 Å². The summed E-state index contributed by atoms with van der Waals surface area (Å²) in [5, 5.41) is 7.92. The molecular weight excluding hydrogens is 502 g/mol. The highest BCUT2D eigenvalue weighted by atomic mass is 79.9. The van der Waals surface area contributed by atoms with Crippen molar-refractivity contribution < 1.29 is 4.42 Å². The molecule has 154 valence electrons. The standard InChI is InChI=1S/C22H13BrClN3O3S/c23-13-1-4-19-11(5-13)6-16(21(29)30-19)18-10-31-22(27-18)25-9-12-7-20(28)26-17-8-14(24)2-3-15(12)17/h1-8,10H,9H2,(H,25,27)(H,26,28). The molecule has 0 saturated heterocycles. The lowest BCUT2D eigenvalue weighted by atomic mass is 10.1. The molecule has 0 unspecified atom stereocenters. The first-order chi connectivity index (χ1) is 15.0. The lowest BCUT2D eigenvalue weighted by molar-refractivity contribution is 0.563. The monoisotopic (exact) mass is 513 g/mol. The molecule has 0 aliphatic rings. The van der Waals surface area contributed by atoms with Crippen LogP contribution in [-0.4, -0.2) is 9.97 Å². The number of nitrogens with zero attached hydrogens (tertiary/aromatic N) is 1. The Morgan fingerprint density at radius 3 is 2.87 bits per heavy atom. The van der Waals surface area contributed by atoms with Gasteiger partial charge in [0.25, 0.3) is 0 Å². The molecule has 0 fully saturated rings. The smallest absolute Gasteiger partial charge is 0.345 e. The first-order valence-corrected chi connectivity index (χ1v) is 11.3. The third-order valence-corrected chi connectivity index (χ3v) is 6.32. The van der Waals surface area contributed by atoms with Gasteiger partial charge in [-0.2, -0.15) is 0 Å². The number of halogens is 2. The fourth-order valence-corrected chi connectivity index (χ4v) is 4.63. The second-order valence-electron chi connectivity index (χ2n) is 6.87. The molecule has 3 heterocycles. The van der Waals surface area contributed by atoms with Gasteiger partial charge >= 0.3 is 5.63 Å². The van der Waals surface area contributed by atoms with Crippen LogP contribution in [0.3, 0.4) is 0 Å². The molecule has 5 rings (SSSR count). The molecule has 9 heteroatoms. The van der Waals surface area contributed by atoms with E-state index in [-0.39, 0.29) is 5.56 Å². The van der Waals surface area contributed by atoms with Crippen LogP contribution < -0.4 is 16.5 Å². The Bertz CT molecular complexity index is 1570. The minimum absolute atomic E-state index is 0.202. The van der Waals surface area contributed by atoms with E-state index in [1.165, 1.54) is 11.3 Å². The van der Waals surface area contributed by atoms with E-state index in [0.717, 1.165) is 20.8 Å². The number of thiazole rings is 1. The Hall–Kier alpha value is -2.94. The maximum Gasteiger partial charge on any atom is 0.345 e. The number of rotatable bonds is 4. The van der Waals surface area contributed by atoms with Crippen molar-refractivity contribution in [2.45, 2.75) is 6.54 Å². The fraction of sp³-hybridized carbons (Fsp3) is 0.0455. The molecule has 0 radical (unpaired) electrons. The van der Waals surface area contributed by atoms with E-state index in [1.807, 2.05) is 18.2 Å². The molecule has 0 saturated carbocycles. The second-order valence-corrected chi connectivity index (χ2v) is 9.08. The van der Waals surface area contributed by atoms with Gasteiger partial charge in [0, 0.05) is 38.3 Å². The number of nitrogens with one attached hydrogen (secondary N) is 2. The number of anilines is 1. The second kappa shape index (κ2) is 7.96. The summed E-state index contributed by atoms with van der Waals surface area (Å²) in [6.07, 6.45) is 0. The quantitative estimate of drug-likeness (QED) is 0.297. The molecule has 6 nitrogen and oxygen atoms in total. The number of fused-ring (bicyclic) bond motifs is 2. The SMILES string of the molecule is O=c1cc(CNc2nc(-c3cc4cc(Br)ccc4oc3=O)cs2)c2ccc(Cl)cc2[nH]1. The maximum atomic E-state index is 12.4. The van der Waals surface area contributed by atoms with Gasteiger partial charge in [-0.3, -0.25) is 4.79 Å². The molecule has 0 atom stereocenters. The van der Waals surface area contributed by atoms with Gasteiger partial charge in [-0.05, 0) is 42.0 Å². The normalized spacial score (nSPS) is 11.3. The third kappa shape index (κ3) is 4.01. The summed E-state index contributed by atoms with van der Waals surface area (Å²) in [5.74, 6) is 0. The van der Waals surface area contributed by atoms with Crippen molar-refractivity contribution in [2.24, 2.45) is 0 Å².